The van der Waals surface area contributed by atoms with Crippen LogP contribution in [0, 0.1) is 19.3 Å². The average Bonchev–Trinajstić information content (AvgIpc) is 3.44. The van der Waals surface area contributed by atoms with Gasteiger partial charge in [-0.25, -0.2) is 4.68 Å². The number of anilines is 1. The number of carbonyl (C=O) groups is 3. The molecule has 4 aromatic rings. The van der Waals surface area contributed by atoms with Gasteiger partial charge in [0.05, 0.1) is 17.9 Å². The van der Waals surface area contributed by atoms with Gasteiger partial charge in [0.2, 0.25) is 5.91 Å². The van der Waals surface area contributed by atoms with Crippen molar-refractivity contribution in [2.45, 2.75) is 51.1 Å². The molecule has 3 aromatic carbocycles. The number of nitrogens with one attached hydrogen (secondary N) is 2. The molecule has 0 aliphatic heterocycles. The molecule has 1 saturated carbocycles. The van der Waals surface area contributed by atoms with E-state index in [0.29, 0.717) is 22.6 Å². The Morgan fingerprint density at radius 3 is 2.26 bits per heavy atom. The van der Waals surface area contributed by atoms with Gasteiger partial charge in [0.15, 0.2) is 5.69 Å². The third-order valence-electron chi connectivity index (χ3n) is 7.65. The summed E-state index contributed by atoms with van der Waals surface area (Å²) >= 11 is 0. The Hall–Kier alpha value is -5.23. The van der Waals surface area contributed by atoms with Crippen molar-refractivity contribution >= 4 is 23.4 Å². The van der Waals surface area contributed by atoms with E-state index >= 15 is 0 Å². The molecule has 1 aromatic heterocycles. The van der Waals surface area contributed by atoms with Crippen LogP contribution in [0.25, 0.3) is 5.69 Å². The molecule has 3 amide bonds. The molecule has 1 aliphatic carbocycles. The van der Waals surface area contributed by atoms with E-state index < -0.39 is 11.9 Å². The number of nitrogens with zero attached hydrogens (tertiary/aromatic N) is 4. The molecule has 1 aliphatic rings. The van der Waals surface area contributed by atoms with Crippen LogP contribution in [0.5, 0.6) is 0 Å². The second-order valence-electron chi connectivity index (χ2n) is 10.5. The lowest BCUT2D eigenvalue weighted by molar-refractivity contribution is -0.123. The molecule has 0 saturated heterocycles. The van der Waals surface area contributed by atoms with Gasteiger partial charge in [0.25, 0.3) is 11.8 Å². The summed E-state index contributed by atoms with van der Waals surface area (Å²) < 4.78 is 1.53. The molecule has 2 N–H and O–H groups in total. The first-order valence-corrected chi connectivity index (χ1v) is 14.5. The summed E-state index contributed by atoms with van der Waals surface area (Å²) in [6.07, 6.45) is 10.4. The summed E-state index contributed by atoms with van der Waals surface area (Å²) in [5.41, 5.74) is 3.04. The fourth-order valence-corrected chi connectivity index (χ4v) is 5.44. The van der Waals surface area contributed by atoms with E-state index in [2.05, 4.69) is 26.9 Å². The van der Waals surface area contributed by atoms with Gasteiger partial charge in [0.1, 0.15) is 6.04 Å². The minimum Gasteiger partial charge on any atom is -0.351 e. The molecule has 5 rings (SSSR count). The number of hydrogen-bond donors (Lipinski definition) is 2. The Kier molecular flexibility index (Phi) is 9.27. The quantitative estimate of drug-likeness (QED) is 0.280. The van der Waals surface area contributed by atoms with Gasteiger partial charge in [-0.3, -0.25) is 19.3 Å². The second-order valence-corrected chi connectivity index (χ2v) is 10.5. The van der Waals surface area contributed by atoms with Gasteiger partial charge < -0.3 is 10.6 Å². The van der Waals surface area contributed by atoms with Gasteiger partial charge in [-0.2, -0.15) is 0 Å². The molecule has 43 heavy (non-hydrogen) atoms. The molecule has 0 radical (unpaired) electrons. The third-order valence-corrected chi connectivity index (χ3v) is 7.65. The van der Waals surface area contributed by atoms with E-state index in [0.717, 1.165) is 31.2 Å². The predicted molar refractivity (Wildman–Crippen MR) is 165 cm³/mol. The topological polar surface area (TPSA) is 109 Å². The van der Waals surface area contributed by atoms with Crippen LogP contribution in [0.1, 0.15) is 70.2 Å². The number of para-hydroxylation sites is 1. The SMILES string of the molecule is C#CCNC(=O)c1nnn(-c2ccc(C(=O)N(c3ccccc3)C(C(=O)NC3CCCCC3)c3ccccc3)cc2)c1C. The van der Waals surface area contributed by atoms with E-state index in [4.69, 9.17) is 6.42 Å². The van der Waals surface area contributed by atoms with Crippen LogP contribution in [0.15, 0.2) is 84.9 Å². The lowest BCUT2D eigenvalue weighted by Crippen LogP contribution is -2.47. The monoisotopic (exact) mass is 574 g/mol. The van der Waals surface area contributed by atoms with Gasteiger partial charge in [-0.05, 0) is 61.7 Å². The maximum atomic E-state index is 14.3. The summed E-state index contributed by atoms with van der Waals surface area (Å²) in [6.45, 7) is 1.82. The van der Waals surface area contributed by atoms with Crippen molar-refractivity contribution in [3.63, 3.8) is 0 Å². The first-order valence-electron chi connectivity index (χ1n) is 14.5. The van der Waals surface area contributed by atoms with Crippen LogP contribution in [-0.4, -0.2) is 45.3 Å². The zero-order valence-electron chi connectivity index (χ0n) is 24.1. The maximum absolute atomic E-state index is 14.3. The van der Waals surface area contributed by atoms with Gasteiger partial charge in [0, 0.05) is 17.3 Å². The van der Waals surface area contributed by atoms with Crippen LogP contribution in [0.3, 0.4) is 0 Å². The number of hydrogen-bond acceptors (Lipinski definition) is 5. The fraction of sp³-hybridized carbons (Fsp3) is 0.265. The summed E-state index contributed by atoms with van der Waals surface area (Å²) in [6, 6.07) is 24.7. The number of aromatic nitrogens is 3. The molecule has 1 unspecified atom stereocenters. The van der Waals surface area contributed by atoms with Gasteiger partial charge >= 0.3 is 0 Å². The lowest BCUT2D eigenvalue weighted by Gasteiger charge is -2.33. The number of terminal acetylenes is 1. The molecular formula is C34H34N6O3. The minimum absolute atomic E-state index is 0.0858. The summed E-state index contributed by atoms with van der Waals surface area (Å²) in [7, 11) is 0. The van der Waals surface area contributed by atoms with E-state index in [1.165, 1.54) is 11.1 Å². The summed E-state index contributed by atoms with van der Waals surface area (Å²) in [4.78, 5) is 42.2. The van der Waals surface area contributed by atoms with E-state index in [9.17, 15) is 14.4 Å². The molecule has 9 heteroatoms. The maximum Gasteiger partial charge on any atom is 0.274 e. The Morgan fingerprint density at radius 1 is 0.953 bits per heavy atom. The van der Waals surface area contributed by atoms with Crippen molar-refractivity contribution < 1.29 is 14.4 Å². The lowest BCUT2D eigenvalue weighted by atomic mass is 9.94. The van der Waals surface area contributed by atoms with E-state index in [1.54, 1.807) is 36.1 Å². The standard InChI is InChI=1S/C34H34N6O3/c1-3-23-35-32(41)30-24(2)40(38-37-30)29-21-19-26(20-22-29)34(43)39(28-17-11-6-12-18-28)31(25-13-7-4-8-14-25)33(42)36-27-15-9-5-10-16-27/h1,4,6-8,11-14,17-22,27,31H,5,9-10,15-16,23H2,2H3,(H,35,41)(H,36,42). The molecule has 1 fully saturated rings. The molecular weight excluding hydrogens is 540 g/mol. The normalized spacial score (nSPS) is 13.9. The zero-order valence-corrected chi connectivity index (χ0v) is 24.1. The molecule has 0 bridgehead atoms. The smallest absolute Gasteiger partial charge is 0.274 e. The third kappa shape index (κ3) is 6.65. The zero-order chi connectivity index (χ0) is 30.2. The van der Waals surface area contributed by atoms with Crippen LogP contribution in [-0.2, 0) is 4.79 Å². The predicted octanol–water partition coefficient (Wildman–Crippen LogP) is 4.78. The van der Waals surface area contributed by atoms with Crippen molar-refractivity contribution in [3.8, 4) is 18.0 Å². The van der Waals surface area contributed by atoms with Gasteiger partial charge in [-0.1, -0.05) is 78.9 Å². The number of amides is 3. The van der Waals surface area contributed by atoms with Crippen molar-refractivity contribution in [1.29, 1.82) is 0 Å². The Morgan fingerprint density at radius 2 is 1.60 bits per heavy atom. The fourth-order valence-electron chi connectivity index (χ4n) is 5.44. The first-order chi connectivity index (χ1) is 21.0. The molecule has 1 atom stereocenters. The first kappa shape index (κ1) is 29.3. The van der Waals surface area contributed by atoms with Crippen molar-refractivity contribution in [2.24, 2.45) is 0 Å². The van der Waals surface area contributed by atoms with Crippen LogP contribution < -0.4 is 15.5 Å². The molecule has 1 heterocycles. The van der Waals surface area contributed by atoms with Crippen LogP contribution >= 0.6 is 0 Å². The number of carbonyl (C=O) groups excluding carboxylic acids is 3. The largest absolute Gasteiger partial charge is 0.351 e. The highest BCUT2D eigenvalue weighted by Crippen LogP contribution is 2.31. The molecule has 9 nitrogen and oxygen atoms in total. The highest BCUT2D eigenvalue weighted by Gasteiger charge is 2.34. The van der Waals surface area contributed by atoms with Crippen LogP contribution in [0.4, 0.5) is 5.69 Å². The van der Waals surface area contributed by atoms with Gasteiger partial charge in [-0.15, -0.1) is 11.5 Å². The second kappa shape index (κ2) is 13.6. The molecule has 0 spiro atoms. The average molecular weight is 575 g/mol. The van der Waals surface area contributed by atoms with Crippen LogP contribution in [0.2, 0.25) is 0 Å². The summed E-state index contributed by atoms with van der Waals surface area (Å²) in [5.74, 6) is 1.42. The molecule has 218 valence electrons. The Bertz CT molecular complexity index is 1600. The summed E-state index contributed by atoms with van der Waals surface area (Å²) in [5, 5.41) is 14.0. The minimum atomic E-state index is -0.876. The van der Waals surface area contributed by atoms with Crippen molar-refractivity contribution in [1.82, 2.24) is 25.6 Å². The Balaban J connectivity index is 1.48. The highest BCUT2D eigenvalue weighted by molar-refractivity contribution is 6.10. The highest BCUT2D eigenvalue weighted by atomic mass is 16.2. The van der Waals surface area contributed by atoms with Crippen molar-refractivity contribution in [3.05, 3.63) is 107 Å². The van der Waals surface area contributed by atoms with E-state index in [1.807, 2.05) is 60.7 Å². The van der Waals surface area contributed by atoms with E-state index in [-0.39, 0.29) is 30.1 Å². The number of benzene rings is 3. The Labute approximate surface area is 251 Å². The van der Waals surface area contributed by atoms with Crippen molar-refractivity contribution in [2.75, 3.05) is 11.4 Å². The number of rotatable bonds is 9.